The lowest BCUT2D eigenvalue weighted by molar-refractivity contribution is 0.578. The Morgan fingerprint density at radius 1 is 1.06 bits per heavy atom. The minimum atomic E-state index is 0.626. The zero-order valence-corrected chi connectivity index (χ0v) is 10.4. The summed E-state index contributed by atoms with van der Waals surface area (Å²) in [5.41, 5.74) is 9.22. The molecule has 1 aromatic heterocycles. The summed E-state index contributed by atoms with van der Waals surface area (Å²) in [6, 6.07) is 8.58. The molecule has 0 aliphatic carbocycles. The Balaban J connectivity index is 1.82. The Labute approximate surface area is 107 Å². The second-order valence-electron chi connectivity index (χ2n) is 4.79. The van der Waals surface area contributed by atoms with Crippen LogP contribution in [0, 0.1) is 0 Å². The second kappa shape index (κ2) is 4.72. The van der Waals surface area contributed by atoms with Crippen molar-refractivity contribution in [3.8, 4) is 11.1 Å². The van der Waals surface area contributed by atoms with Gasteiger partial charge in [-0.15, -0.1) is 0 Å². The maximum atomic E-state index is 5.82. The number of hydrogen-bond acceptors (Lipinski definition) is 3. The van der Waals surface area contributed by atoms with Crippen LogP contribution in [0.15, 0.2) is 30.5 Å². The van der Waals surface area contributed by atoms with E-state index in [1.165, 1.54) is 38.0 Å². The summed E-state index contributed by atoms with van der Waals surface area (Å²) in [7, 11) is 0. The van der Waals surface area contributed by atoms with Crippen molar-refractivity contribution < 1.29 is 0 Å². The SMILES string of the molecule is Nc1[nH]ncc1-c1ccc(N2CCCCC2)cc1. The quantitative estimate of drug-likeness (QED) is 0.851. The number of anilines is 2. The van der Waals surface area contributed by atoms with Crippen LogP contribution >= 0.6 is 0 Å². The predicted octanol–water partition coefficient (Wildman–Crippen LogP) is 2.65. The first-order chi connectivity index (χ1) is 8.84. The smallest absolute Gasteiger partial charge is 0.126 e. The molecule has 3 N–H and O–H groups in total. The molecule has 1 aliphatic rings. The number of nitrogens with zero attached hydrogens (tertiary/aromatic N) is 2. The molecule has 94 valence electrons. The number of nitrogens with one attached hydrogen (secondary N) is 1. The monoisotopic (exact) mass is 242 g/mol. The van der Waals surface area contributed by atoms with Crippen LogP contribution < -0.4 is 10.6 Å². The van der Waals surface area contributed by atoms with Gasteiger partial charge in [0.2, 0.25) is 0 Å². The molecule has 2 aromatic rings. The molecule has 0 amide bonds. The average Bonchev–Trinajstić information content (AvgIpc) is 2.86. The van der Waals surface area contributed by atoms with Gasteiger partial charge in [0.05, 0.1) is 6.20 Å². The summed E-state index contributed by atoms with van der Waals surface area (Å²) >= 11 is 0. The van der Waals surface area contributed by atoms with Crippen molar-refractivity contribution in [1.29, 1.82) is 0 Å². The van der Waals surface area contributed by atoms with Crippen molar-refractivity contribution in [2.75, 3.05) is 23.7 Å². The van der Waals surface area contributed by atoms with Crippen LogP contribution in [0.2, 0.25) is 0 Å². The van der Waals surface area contributed by atoms with Gasteiger partial charge >= 0.3 is 0 Å². The first-order valence-electron chi connectivity index (χ1n) is 6.49. The minimum absolute atomic E-state index is 0.626. The molecule has 3 rings (SSSR count). The van der Waals surface area contributed by atoms with Gasteiger partial charge in [0.25, 0.3) is 0 Å². The normalized spacial score (nSPS) is 15.9. The van der Waals surface area contributed by atoms with E-state index in [0.29, 0.717) is 5.82 Å². The van der Waals surface area contributed by atoms with Crippen LogP contribution in [0.25, 0.3) is 11.1 Å². The largest absolute Gasteiger partial charge is 0.384 e. The molecule has 1 fully saturated rings. The van der Waals surface area contributed by atoms with Crippen molar-refractivity contribution in [3.63, 3.8) is 0 Å². The lowest BCUT2D eigenvalue weighted by atomic mass is 10.1. The summed E-state index contributed by atoms with van der Waals surface area (Å²) in [6.45, 7) is 2.35. The van der Waals surface area contributed by atoms with Crippen LogP contribution in [-0.4, -0.2) is 23.3 Å². The molecule has 18 heavy (non-hydrogen) atoms. The predicted molar refractivity (Wildman–Crippen MR) is 74.5 cm³/mol. The molecule has 1 aromatic carbocycles. The number of hydrogen-bond donors (Lipinski definition) is 2. The van der Waals surface area contributed by atoms with Gasteiger partial charge in [-0.1, -0.05) is 12.1 Å². The van der Waals surface area contributed by atoms with Gasteiger partial charge < -0.3 is 10.6 Å². The lowest BCUT2D eigenvalue weighted by Gasteiger charge is -2.28. The van der Waals surface area contributed by atoms with Gasteiger partial charge in [-0.25, -0.2) is 0 Å². The molecule has 4 nitrogen and oxygen atoms in total. The van der Waals surface area contributed by atoms with Crippen LogP contribution in [0.3, 0.4) is 0 Å². The number of H-pyrrole nitrogens is 1. The Morgan fingerprint density at radius 2 is 1.78 bits per heavy atom. The highest BCUT2D eigenvalue weighted by atomic mass is 15.1. The number of nitrogen functional groups attached to an aromatic ring is 1. The molecule has 1 saturated heterocycles. The van der Waals surface area contributed by atoms with E-state index in [0.717, 1.165) is 11.1 Å². The molecule has 2 heterocycles. The van der Waals surface area contributed by atoms with Crippen LogP contribution in [0.5, 0.6) is 0 Å². The molecular weight excluding hydrogens is 224 g/mol. The number of rotatable bonds is 2. The fourth-order valence-electron chi connectivity index (χ4n) is 2.53. The van der Waals surface area contributed by atoms with Crippen LogP contribution in [-0.2, 0) is 0 Å². The second-order valence-corrected chi connectivity index (χ2v) is 4.79. The Bertz CT molecular complexity index is 509. The molecule has 0 saturated carbocycles. The van der Waals surface area contributed by atoms with E-state index < -0.39 is 0 Å². The number of aromatic nitrogens is 2. The van der Waals surface area contributed by atoms with Gasteiger partial charge in [0, 0.05) is 24.3 Å². The minimum Gasteiger partial charge on any atom is -0.384 e. The van der Waals surface area contributed by atoms with E-state index in [1.54, 1.807) is 6.20 Å². The third kappa shape index (κ3) is 2.06. The molecule has 0 unspecified atom stereocenters. The molecular formula is C14H18N4. The fraction of sp³-hybridized carbons (Fsp3) is 0.357. The molecule has 4 heteroatoms. The molecule has 0 bridgehead atoms. The number of nitrogens with two attached hydrogens (primary N) is 1. The zero-order chi connectivity index (χ0) is 12.4. The van der Waals surface area contributed by atoms with Crippen molar-refractivity contribution in [3.05, 3.63) is 30.5 Å². The van der Waals surface area contributed by atoms with Gasteiger partial charge in [0.1, 0.15) is 5.82 Å². The maximum absolute atomic E-state index is 5.82. The summed E-state index contributed by atoms with van der Waals surface area (Å²) in [4.78, 5) is 2.45. The van der Waals surface area contributed by atoms with Crippen molar-refractivity contribution >= 4 is 11.5 Å². The van der Waals surface area contributed by atoms with Crippen LogP contribution in [0.4, 0.5) is 11.5 Å². The van der Waals surface area contributed by atoms with Gasteiger partial charge in [0.15, 0.2) is 0 Å². The summed E-state index contributed by atoms with van der Waals surface area (Å²) in [5, 5.41) is 6.71. The molecule has 0 radical (unpaired) electrons. The van der Waals surface area contributed by atoms with E-state index in [4.69, 9.17) is 5.73 Å². The lowest BCUT2D eigenvalue weighted by Crippen LogP contribution is -2.29. The summed E-state index contributed by atoms with van der Waals surface area (Å²) in [5.74, 6) is 0.626. The van der Waals surface area contributed by atoms with Gasteiger partial charge in [-0.05, 0) is 37.0 Å². The van der Waals surface area contributed by atoms with Crippen molar-refractivity contribution in [2.45, 2.75) is 19.3 Å². The highest BCUT2D eigenvalue weighted by Crippen LogP contribution is 2.27. The van der Waals surface area contributed by atoms with E-state index >= 15 is 0 Å². The van der Waals surface area contributed by atoms with Gasteiger partial charge in [-0.2, -0.15) is 5.10 Å². The average molecular weight is 242 g/mol. The summed E-state index contributed by atoms with van der Waals surface area (Å²) < 4.78 is 0. The molecule has 0 atom stereocenters. The number of benzene rings is 1. The fourth-order valence-corrected chi connectivity index (χ4v) is 2.53. The van der Waals surface area contributed by atoms with E-state index in [2.05, 4.69) is 39.4 Å². The van der Waals surface area contributed by atoms with Crippen molar-refractivity contribution in [1.82, 2.24) is 10.2 Å². The Morgan fingerprint density at radius 3 is 2.39 bits per heavy atom. The summed E-state index contributed by atoms with van der Waals surface area (Å²) in [6.07, 6.45) is 5.73. The topological polar surface area (TPSA) is 57.9 Å². The van der Waals surface area contributed by atoms with Crippen molar-refractivity contribution in [2.24, 2.45) is 0 Å². The number of aromatic amines is 1. The first-order valence-corrected chi connectivity index (χ1v) is 6.49. The Kier molecular flexibility index (Phi) is 2.92. The van der Waals surface area contributed by atoms with Crippen LogP contribution in [0.1, 0.15) is 19.3 Å². The standard InChI is InChI=1S/C14H18N4/c15-14-13(10-16-17-14)11-4-6-12(7-5-11)18-8-2-1-3-9-18/h4-7,10H,1-3,8-9H2,(H3,15,16,17). The Hall–Kier alpha value is -1.97. The zero-order valence-electron chi connectivity index (χ0n) is 10.4. The highest BCUT2D eigenvalue weighted by molar-refractivity contribution is 5.74. The molecule has 1 aliphatic heterocycles. The van der Waals surface area contributed by atoms with E-state index in [1.807, 2.05) is 0 Å². The van der Waals surface area contributed by atoms with E-state index in [9.17, 15) is 0 Å². The first kappa shape index (κ1) is 11.1. The number of piperidine rings is 1. The third-order valence-corrected chi connectivity index (χ3v) is 3.57. The van der Waals surface area contributed by atoms with Gasteiger partial charge in [-0.3, -0.25) is 5.10 Å². The third-order valence-electron chi connectivity index (χ3n) is 3.57. The molecule has 0 spiro atoms. The highest BCUT2D eigenvalue weighted by Gasteiger charge is 2.11. The maximum Gasteiger partial charge on any atom is 0.126 e. The van der Waals surface area contributed by atoms with E-state index in [-0.39, 0.29) is 0 Å².